The molecule has 8 heteroatoms. The van der Waals surface area contributed by atoms with Gasteiger partial charge in [-0.2, -0.15) is 0 Å². The van der Waals surface area contributed by atoms with Gasteiger partial charge in [-0.1, -0.05) is 22.9 Å². The maximum atomic E-state index is 12.8. The van der Waals surface area contributed by atoms with Crippen LogP contribution in [0.25, 0.3) is 11.2 Å². The number of fused-ring (bicyclic) bond motifs is 1. The maximum Gasteiger partial charge on any atom is 0.281 e. The third-order valence-electron chi connectivity index (χ3n) is 4.99. The van der Waals surface area contributed by atoms with Crippen molar-refractivity contribution in [1.29, 1.82) is 0 Å². The molecular weight excluding hydrogens is 344 g/mol. The molecule has 0 unspecified atom stereocenters. The topological polar surface area (TPSA) is 96.8 Å². The highest BCUT2D eigenvalue weighted by Gasteiger charge is 2.26. The number of hydrogen-bond donors (Lipinski definition) is 1. The predicted octanol–water partition coefficient (Wildman–Crippen LogP) is 1.68. The van der Waals surface area contributed by atoms with Gasteiger partial charge in [0.2, 0.25) is 0 Å². The van der Waals surface area contributed by atoms with E-state index in [-0.39, 0.29) is 22.9 Å². The minimum Gasteiger partial charge on any atom is -0.338 e. The number of carbonyl (C=O) groups excluding carboxylic acids is 1. The number of amides is 1. The molecule has 2 aromatic heterocycles. The molecule has 1 aliphatic rings. The zero-order chi connectivity index (χ0) is 19.0. The number of carbonyl (C=O) groups is 1. The lowest BCUT2D eigenvalue weighted by atomic mass is 9.97. The summed E-state index contributed by atoms with van der Waals surface area (Å²) < 4.78 is 1.68. The first-order valence-electron chi connectivity index (χ1n) is 9.17. The van der Waals surface area contributed by atoms with Crippen LogP contribution in [-0.2, 0) is 6.54 Å². The Morgan fingerprint density at radius 2 is 2.19 bits per heavy atom. The summed E-state index contributed by atoms with van der Waals surface area (Å²) >= 11 is 0. The van der Waals surface area contributed by atoms with Gasteiger partial charge in [0.05, 0.1) is 0 Å². The van der Waals surface area contributed by atoms with Gasteiger partial charge >= 0.3 is 0 Å². The molecule has 0 bridgehead atoms. The largest absolute Gasteiger partial charge is 0.338 e. The number of H-pyrrole nitrogens is 1. The molecule has 3 heterocycles. The van der Waals surface area contributed by atoms with E-state index in [0.717, 1.165) is 30.5 Å². The van der Waals surface area contributed by atoms with Gasteiger partial charge in [0.15, 0.2) is 11.2 Å². The highest BCUT2D eigenvalue weighted by molar-refractivity contribution is 5.94. The Hall–Kier alpha value is -3.03. The Balaban J connectivity index is 1.52. The van der Waals surface area contributed by atoms with Gasteiger partial charge in [-0.05, 0) is 44.7 Å². The first-order chi connectivity index (χ1) is 13.0. The fourth-order valence-corrected chi connectivity index (χ4v) is 3.70. The van der Waals surface area contributed by atoms with Gasteiger partial charge < -0.3 is 9.88 Å². The number of hydrogen-bond acceptors (Lipinski definition) is 5. The van der Waals surface area contributed by atoms with Gasteiger partial charge in [0, 0.05) is 25.2 Å². The van der Waals surface area contributed by atoms with Crippen molar-refractivity contribution in [1.82, 2.24) is 29.9 Å². The Bertz CT molecular complexity index is 1050. The lowest BCUT2D eigenvalue weighted by Gasteiger charge is -2.32. The average molecular weight is 366 g/mol. The maximum absolute atomic E-state index is 12.8. The highest BCUT2D eigenvalue weighted by Crippen LogP contribution is 2.21. The lowest BCUT2D eigenvalue weighted by Crippen LogP contribution is -2.41. The van der Waals surface area contributed by atoms with Gasteiger partial charge in [-0.15, -0.1) is 5.10 Å². The van der Waals surface area contributed by atoms with Crippen LogP contribution in [0.2, 0.25) is 0 Å². The van der Waals surface area contributed by atoms with Crippen molar-refractivity contribution in [3.05, 3.63) is 51.6 Å². The number of nitrogens with one attached hydrogen (secondary N) is 1. The summed E-state index contributed by atoms with van der Waals surface area (Å²) in [5, 5.41) is 8.07. The molecule has 3 aromatic rings. The van der Waals surface area contributed by atoms with Crippen molar-refractivity contribution < 1.29 is 4.79 Å². The van der Waals surface area contributed by atoms with E-state index in [1.54, 1.807) is 11.6 Å². The number of aromatic amines is 1. The second-order valence-electron chi connectivity index (χ2n) is 7.22. The molecule has 0 spiro atoms. The van der Waals surface area contributed by atoms with Gasteiger partial charge in [0.25, 0.3) is 11.5 Å². The van der Waals surface area contributed by atoms with Crippen molar-refractivity contribution >= 4 is 17.1 Å². The monoisotopic (exact) mass is 366 g/mol. The molecular formula is C19H22N6O2. The molecule has 1 amide bonds. The van der Waals surface area contributed by atoms with Crippen LogP contribution in [0, 0.1) is 19.8 Å². The summed E-state index contributed by atoms with van der Waals surface area (Å²) in [6, 6.07) is 7.69. The van der Waals surface area contributed by atoms with E-state index >= 15 is 0 Å². The molecule has 0 saturated carbocycles. The quantitative estimate of drug-likeness (QED) is 0.761. The van der Waals surface area contributed by atoms with E-state index in [1.807, 2.05) is 36.1 Å². The summed E-state index contributed by atoms with van der Waals surface area (Å²) in [5.74, 6) is 0.854. The molecule has 27 heavy (non-hydrogen) atoms. The number of aromatic nitrogens is 5. The third kappa shape index (κ3) is 3.47. The van der Waals surface area contributed by atoms with E-state index in [1.165, 1.54) is 0 Å². The molecule has 0 radical (unpaired) electrons. The molecule has 1 aromatic carbocycles. The first kappa shape index (κ1) is 17.4. The van der Waals surface area contributed by atoms with Crippen molar-refractivity contribution in [3.63, 3.8) is 0 Å². The van der Waals surface area contributed by atoms with E-state index in [4.69, 9.17) is 0 Å². The fraction of sp³-hybridized carbons (Fsp3) is 0.421. The average Bonchev–Trinajstić information content (AvgIpc) is 3.04. The molecule has 140 valence electrons. The van der Waals surface area contributed by atoms with Crippen molar-refractivity contribution in [3.8, 4) is 0 Å². The summed E-state index contributed by atoms with van der Waals surface area (Å²) in [6.45, 7) is 5.74. The van der Waals surface area contributed by atoms with Gasteiger partial charge in [0.1, 0.15) is 5.82 Å². The number of piperidine rings is 1. The van der Waals surface area contributed by atoms with E-state index in [9.17, 15) is 9.59 Å². The minimum absolute atomic E-state index is 0.0669. The van der Waals surface area contributed by atoms with Crippen LogP contribution in [0.1, 0.15) is 34.6 Å². The lowest BCUT2D eigenvalue weighted by molar-refractivity contribution is 0.0660. The van der Waals surface area contributed by atoms with Crippen molar-refractivity contribution in [2.24, 2.45) is 5.92 Å². The number of aryl methyl sites for hydroxylation is 2. The van der Waals surface area contributed by atoms with Crippen LogP contribution in [0.4, 0.5) is 0 Å². The highest BCUT2D eigenvalue weighted by atomic mass is 16.2. The van der Waals surface area contributed by atoms with Crippen LogP contribution in [0.5, 0.6) is 0 Å². The number of rotatable bonds is 3. The van der Waals surface area contributed by atoms with Crippen molar-refractivity contribution in [2.75, 3.05) is 13.1 Å². The summed E-state index contributed by atoms with van der Waals surface area (Å²) in [5.41, 5.74) is 2.28. The molecule has 1 atom stereocenters. The first-order valence-corrected chi connectivity index (χ1v) is 9.17. The number of likely N-dealkylation sites (tertiary alicyclic amines) is 1. The van der Waals surface area contributed by atoms with E-state index < -0.39 is 0 Å². The van der Waals surface area contributed by atoms with Crippen LogP contribution in [0.3, 0.4) is 0 Å². The summed E-state index contributed by atoms with van der Waals surface area (Å²) in [4.78, 5) is 33.7. The normalized spacial score (nSPS) is 17.4. The van der Waals surface area contributed by atoms with Crippen LogP contribution in [-0.4, -0.2) is 48.9 Å². The minimum atomic E-state index is -0.274. The molecule has 4 rings (SSSR count). The van der Waals surface area contributed by atoms with Crippen molar-refractivity contribution in [2.45, 2.75) is 33.2 Å². The van der Waals surface area contributed by atoms with Gasteiger partial charge in [-0.3, -0.25) is 9.59 Å². The second-order valence-corrected chi connectivity index (χ2v) is 7.22. The van der Waals surface area contributed by atoms with Gasteiger partial charge in [-0.25, -0.2) is 9.67 Å². The Morgan fingerprint density at radius 1 is 1.33 bits per heavy atom. The smallest absolute Gasteiger partial charge is 0.281 e. The molecule has 1 aliphatic heterocycles. The zero-order valence-electron chi connectivity index (χ0n) is 15.5. The molecule has 8 nitrogen and oxygen atoms in total. The fourth-order valence-electron chi connectivity index (χ4n) is 3.70. The number of nitrogens with zero attached hydrogens (tertiary/aromatic N) is 5. The second kappa shape index (κ2) is 6.94. The Morgan fingerprint density at radius 3 is 3.00 bits per heavy atom. The standard InChI is InChI=1S/C19H22N6O2/c1-12-5-3-7-15(9-12)19(27)24-8-4-6-14(10-24)11-25-17-16(22-23-25)18(26)21-13(2)20-17/h3,5,7,9,14H,4,6,8,10-11H2,1-2H3,(H,20,21,26)/t14-/m1/s1. The molecule has 1 saturated heterocycles. The Labute approximate surface area is 156 Å². The molecule has 1 N–H and O–H groups in total. The van der Waals surface area contributed by atoms with Crippen LogP contribution >= 0.6 is 0 Å². The zero-order valence-corrected chi connectivity index (χ0v) is 15.5. The van der Waals surface area contributed by atoms with E-state index in [2.05, 4.69) is 20.3 Å². The third-order valence-corrected chi connectivity index (χ3v) is 4.99. The summed E-state index contributed by atoms with van der Waals surface area (Å²) in [6.07, 6.45) is 1.95. The van der Waals surface area contributed by atoms with E-state index in [0.29, 0.717) is 24.6 Å². The van der Waals surface area contributed by atoms with Crippen LogP contribution in [0.15, 0.2) is 29.1 Å². The predicted molar refractivity (Wildman–Crippen MR) is 100 cm³/mol. The number of benzene rings is 1. The SMILES string of the molecule is Cc1cccc(C(=O)N2CCC[C@@H](Cn3nnc4c(=O)[nH]c(C)nc43)C2)c1. The molecule has 0 aliphatic carbocycles. The summed E-state index contributed by atoms with van der Waals surface area (Å²) in [7, 11) is 0. The Kier molecular flexibility index (Phi) is 4.47. The van der Waals surface area contributed by atoms with Crippen LogP contribution < -0.4 is 5.56 Å². The molecule has 1 fully saturated rings.